The van der Waals surface area contributed by atoms with E-state index < -0.39 is 6.04 Å². The Balaban J connectivity index is 2.37. The van der Waals surface area contributed by atoms with E-state index in [-0.39, 0.29) is 5.91 Å². The highest BCUT2D eigenvalue weighted by Crippen LogP contribution is 2.22. The Labute approximate surface area is 119 Å². The van der Waals surface area contributed by atoms with Gasteiger partial charge in [-0.05, 0) is 18.6 Å². The predicted octanol–water partition coefficient (Wildman–Crippen LogP) is 2.30. The third kappa shape index (κ3) is 5.09. The number of ether oxygens (including phenoxy) is 1. The fraction of sp³-hybridized carbons (Fsp3) is 0.500. The molecule has 19 heavy (non-hydrogen) atoms. The molecule has 0 fully saturated rings. The molecule has 1 amide bonds. The molecule has 2 N–H and O–H groups in total. The van der Waals surface area contributed by atoms with E-state index in [2.05, 4.69) is 0 Å². The molecule has 1 rings (SSSR count). The molecule has 0 radical (unpaired) electrons. The van der Waals surface area contributed by atoms with Crippen LogP contribution in [-0.4, -0.2) is 37.0 Å². The summed E-state index contributed by atoms with van der Waals surface area (Å²) in [6.45, 7) is 2.89. The lowest BCUT2D eigenvalue weighted by Crippen LogP contribution is -2.43. The number of benzene rings is 1. The van der Waals surface area contributed by atoms with E-state index in [0.29, 0.717) is 30.3 Å². The molecule has 0 unspecified atom stereocenters. The number of hydrogen-bond acceptors (Lipinski definition) is 3. The summed E-state index contributed by atoms with van der Waals surface area (Å²) in [5.41, 5.74) is 5.78. The van der Waals surface area contributed by atoms with Gasteiger partial charge in [0.15, 0.2) is 0 Å². The lowest BCUT2D eigenvalue weighted by molar-refractivity contribution is -0.131. The Morgan fingerprint density at radius 1 is 1.47 bits per heavy atom. The zero-order chi connectivity index (χ0) is 14.3. The topological polar surface area (TPSA) is 55.6 Å². The number of nitrogens with zero attached hydrogens (tertiary/aromatic N) is 1. The molecule has 4 nitrogen and oxygen atoms in total. The van der Waals surface area contributed by atoms with Crippen molar-refractivity contribution in [3.63, 3.8) is 0 Å². The molecule has 0 heterocycles. The molecule has 106 valence electrons. The molecule has 0 aliphatic heterocycles. The Bertz CT molecular complexity index is 412. The number of para-hydroxylation sites is 1. The number of rotatable bonds is 7. The van der Waals surface area contributed by atoms with Crippen LogP contribution >= 0.6 is 11.6 Å². The van der Waals surface area contributed by atoms with E-state index in [0.717, 1.165) is 6.42 Å². The van der Waals surface area contributed by atoms with Gasteiger partial charge < -0.3 is 15.4 Å². The molecule has 1 atom stereocenters. The number of nitrogens with two attached hydrogens (primary N) is 1. The van der Waals surface area contributed by atoms with Crippen molar-refractivity contribution in [2.45, 2.75) is 25.8 Å². The zero-order valence-corrected chi connectivity index (χ0v) is 12.2. The summed E-state index contributed by atoms with van der Waals surface area (Å²) in [4.78, 5) is 13.5. The molecule has 5 heteroatoms. The minimum atomic E-state index is -0.421. The highest BCUT2D eigenvalue weighted by Gasteiger charge is 2.16. The minimum Gasteiger partial charge on any atom is -0.490 e. The van der Waals surface area contributed by atoms with Gasteiger partial charge in [0.25, 0.3) is 0 Å². The maximum Gasteiger partial charge on any atom is 0.239 e. The molecular formula is C14H21ClN2O2. The first-order chi connectivity index (χ1) is 9.06. The third-order valence-corrected chi connectivity index (χ3v) is 3.13. The van der Waals surface area contributed by atoms with Crippen molar-refractivity contribution in [1.82, 2.24) is 4.90 Å². The second-order valence-electron chi connectivity index (χ2n) is 4.43. The van der Waals surface area contributed by atoms with Crippen LogP contribution in [0, 0.1) is 0 Å². The Kier molecular flexibility index (Phi) is 6.67. The largest absolute Gasteiger partial charge is 0.490 e. The molecule has 0 saturated carbocycles. The van der Waals surface area contributed by atoms with Crippen LogP contribution in [0.25, 0.3) is 0 Å². The van der Waals surface area contributed by atoms with Crippen LogP contribution in [0.4, 0.5) is 0 Å². The number of carbonyl (C=O) groups is 1. The van der Waals surface area contributed by atoms with Gasteiger partial charge in [-0.1, -0.05) is 37.1 Å². The summed E-state index contributed by atoms with van der Waals surface area (Å²) in [5.74, 6) is 0.576. The van der Waals surface area contributed by atoms with Crippen LogP contribution in [-0.2, 0) is 4.79 Å². The SMILES string of the molecule is CCC[C@H](N)C(=O)N(C)CCOc1ccccc1Cl. The van der Waals surface area contributed by atoms with Gasteiger partial charge in [-0.25, -0.2) is 0 Å². The fourth-order valence-corrected chi connectivity index (χ4v) is 1.87. The first-order valence-electron chi connectivity index (χ1n) is 6.44. The monoisotopic (exact) mass is 284 g/mol. The molecule has 1 aromatic rings. The molecular weight excluding hydrogens is 264 g/mol. The van der Waals surface area contributed by atoms with E-state index in [1.807, 2.05) is 19.1 Å². The normalized spacial score (nSPS) is 12.0. The van der Waals surface area contributed by atoms with E-state index in [4.69, 9.17) is 22.1 Å². The van der Waals surface area contributed by atoms with Crippen molar-refractivity contribution in [3.8, 4) is 5.75 Å². The van der Waals surface area contributed by atoms with Crippen LogP contribution in [0.3, 0.4) is 0 Å². The van der Waals surface area contributed by atoms with E-state index in [1.54, 1.807) is 24.1 Å². The Morgan fingerprint density at radius 2 is 2.16 bits per heavy atom. The van der Waals surface area contributed by atoms with E-state index >= 15 is 0 Å². The summed E-state index contributed by atoms with van der Waals surface area (Å²) in [5, 5.41) is 0.569. The summed E-state index contributed by atoms with van der Waals surface area (Å²) >= 11 is 5.97. The number of amides is 1. The molecule has 1 aromatic carbocycles. The maximum atomic E-state index is 11.9. The van der Waals surface area contributed by atoms with Gasteiger partial charge in [0.1, 0.15) is 12.4 Å². The van der Waals surface area contributed by atoms with Gasteiger partial charge >= 0.3 is 0 Å². The molecule has 0 aromatic heterocycles. The number of halogens is 1. The average Bonchev–Trinajstić information content (AvgIpc) is 2.40. The van der Waals surface area contributed by atoms with Crippen molar-refractivity contribution < 1.29 is 9.53 Å². The predicted molar refractivity (Wildman–Crippen MR) is 77.5 cm³/mol. The highest BCUT2D eigenvalue weighted by molar-refractivity contribution is 6.32. The van der Waals surface area contributed by atoms with Gasteiger partial charge in [-0.2, -0.15) is 0 Å². The third-order valence-electron chi connectivity index (χ3n) is 2.81. The minimum absolute atomic E-state index is 0.0513. The van der Waals surface area contributed by atoms with Gasteiger partial charge in [0.2, 0.25) is 5.91 Å². The summed E-state index contributed by atoms with van der Waals surface area (Å²) < 4.78 is 5.53. The van der Waals surface area contributed by atoms with Crippen molar-refractivity contribution >= 4 is 17.5 Å². The molecule has 0 aliphatic rings. The van der Waals surface area contributed by atoms with Crippen LogP contribution in [0.5, 0.6) is 5.75 Å². The molecule has 0 saturated heterocycles. The lowest BCUT2D eigenvalue weighted by atomic mass is 10.1. The quantitative estimate of drug-likeness (QED) is 0.836. The van der Waals surface area contributed by atoms with Crippen LogP contribution in [0.2, 0.25) is 5.02 Å². The van der Waals surface area contributed by atoms with Crippen molar-refractivity contribution in [2.75, 3.05) is 20.2 Å². The highest BCUT2D eigenvalue weighted by atomic mass is 35.5. The first kappa shape index (κ1) is 15.8. The summed E-state index contributed by atoms with van der Waals surface area (Å²) in [6.07, 6.45) is 1.60. The maximum absolute atomic E-state index is 11.9. The first-order valence-corrected chi connectivity index (χ1v) is 6.82. The lowest BCUT2D eigenvalue weighted by Gasteiger charge is -2.21. The fourth-order valence-electron chi connectivity index (χ4n) is 1.68. The Hall–Kier alpha value is -1.26. The van der Waals surface area contributed by atoms with Crippen LogP contribution in [0.15, 0.2) is 24.3 Å². The Morgan fingerprint density at radius 3 is 2.79 bits per heavy atom. The van der Waals surface area contributed by atoms with Gasteiger partial charge in [-0.3, -0.25) is 4.79 Å². The number of carbonyl (C=O) groups excluding carboxylic acids is 1. The molecule has 0 bridgehead atoms. The van der Waals surface area contributed by atoms with Crippen LogP contribution < -0.4 is 10.5 Å². The number of hydrogen-bond donors (Lipinski definition) is 1. The van der Waals surface area contributed by atoms with Crippen molar-refractivity contribution in [2.24, 2.45) is 5.73 Å². The summed E-state index contributed by atoms with van der Waals surface area (Å²) in [7, 11) is 1.73. The van der Waals surface area contributed by atoms with Crippen molar-refractivity contribution in [1.29, 1.82) is 0 Å². The molecule has 0 spiro atoms. The average molecular weight is 285 g/mol. The smallest absolute Gasteiger partial charge is 0.239 e. The summed E-state index contributed by atoms with van der Waals surface area (Å²) in [6, 6.07) is 6.84. The number of likely N-dealkylation sites (N-methyl/N-ethyl adjacent to an activating group) is 1. The second kappa shape index (κ2) is 8.02. The second-order valence-corrected chi connectivity index (χ2v) is 4.84. The zero-order valence-electron chi connectivity index (χ0n) is 11.4. The standard InChI is InChI=1S/C14H21ClN2O2/c1-3-6-12(16)14(18)17(2)9-10-19-13-8-5-4-7-11(13)15/h4-5,7-8,12H,3,6,9-10,16H2,1-2H3/t12-/m0/s1. The van der Waals surface area contributed by atoms with E-state index in [9.17, 15) is 4.79 Å². The van der Waals surface area contributed by atoms with Crippen LogP contribution in [0.1, 0.15) is 19.8 Å². The van der Waals surface area contributed by atoms with Gasteiger partial charge in [-0.15, -0.1) is 0 Å². The van der Waals surface area contributed by atoms with Gasteiger partial charge in [0, 0.05) is 7.05 Å². The van der Waals surface area contributed by atoms with Gasteiger partial charge in [0.05, 0.1) is 17.6 Å². The van der Waals surface area contributed by atoms with E-state index in [1.165, 1.54) is 0 Å². The molecule has 0 aliphatic carbocycles. The van der Waals surface area contributed by atoms with Crippen molar-refractivity contribution in [3.05, 3.63) is 29.3 Å².